The van der Waals surface area contributed by atoms with Crippen LogP contribution in [0.3, 0.4) is 0 Å². The molecule has 2 aliphatic heterocycles. The standard InChI is InChI=1S/C8H12N4O3/c13-6-5(7(14)11-8(15)10-6)12-3-1-9-2-4-12/h5,9H,1-4H2,(H2,10,11,13,14,15). The third-order valence-electron chi connectivity index (χ3n) is 2.49. The van der Waals surface area contributed by atoms with Crippen molar-refractivity contribution in [3.05, 3.63) is 0 Å². The molecule has 0 aromatic rings. The molecular weight excluding hydrogens is 200 g/mol. The van der Waals surface area contributed by atoms with E-state index in [4.69, 9.17) is 0 Å². The molecule has 15 heavy (non-hydrogen) atoms. The van der Waals surface area contributed by atoms with Crippen LogP contribution in [0.5, 0.6) is 0 Å². The summed E-state index contributed by atoms with van der Waals surface area (Å²) in [6.45, 7) is 2.73. The van der Waals surface area contributed by atoms with Gasteiger partial charge in [0.1, 0.15) is 0 Å². The van der Waals surface area contributed by atoms with Crippen molar-refractivity contribution in [2.75, 3.05) is 26.2 Å². The van der Waals surface area contributed by atoms with E-state index in [0.717, 1.165) is 13.1 Å². The maximum Gasteiger partial charge on any atom is 0.328 e. The Morgan fingerprint density at radius 1 is 1.00 bits per heavy atom. The van der Waals surface area contributed by atoms with Gasteiger partial charge in [0.2, 0.25) is 0 Å². The van der Waals surface area contributed by atoms with E-state index < -0.39 is 23.9 Å². The van der Waals surface area contributed by atoms with Crippen molar-refractivity contribution in [2.45, 2.75) is 6.04 Å². The van der Waals surface area contributed by atoms with Crippen molar-refractivity contribution >= 4 is 17.8 Å². The van der Waals surface area contributed by atoms with Gasteiger partial charge in [-0.2, -0.15) is 0 Å². The molecule has 0 bridgehead atoms. The van der Waals surface area contributed by atoms with Crippen LogP contribution in [-0.4, -0.2) is 55.0 Å². The number of piperazine rings is 1. The van der Waals surface area contributed by atoms with Gasteiger partial charge in [-0.25, -0.2) is 4.79 Å². The number of rotatable bonds is 1. The van der Waals surface area contributed by atoms with Gasteiger partial charge in [-0.1, -0.05) is 0 Å². The molecule has 0 aliphatic carbocycles. The summed E-state index contributed by atoms with van der Waals surface area (Å²) < 4.78 is 0. The number of barbiturate groups is 1. The Kier molecular flexibility index (Phi) is 2.65. The van der Waals surface area contributed by atoms with Crippen LogP contribution in [0, 0.1) is 0 Å². The third-order valence-corrected chi connectivity index (χ3v) is 2.49. The highest BCUT2D eigenvalue weighted by molar-refractivity contribution is 6.18. The molecule has 0 unspecified atom stereocenters. The predicted octanol–water partition coefficient (Wildman–Crippen LogP) is -2.37. The molecule has 7 heteroatoms. The number of amides is 4. The minimum Gasteiger partial charge on any atom is -0.314 e. The lowest BCUT2D eigenvalue weighted by Crippen LogP contribution is -2.66. The number of nitrogens with one attached hydrogen (secondary N) is 3. The van der Waals surface area contributed by atoms with Crippen LogP contribution in [0.2, 0.25) is 0 Å². The molecule has 3 N–H and O–H groups in total. The Bertz CT molecular complexity index is 291. The van der Waals surface area contributed by atoms with E-state index in [1.807, 2.05) is 0 Å². The third kappa shape index (κ3) is 1.97. The fourth-order valence-corrected chi connectivity index (χ4v) is 1.78. The van der Waals surface area contributed by atoms with Crippen molar-refractivity contribution in [3.63, 3.8) is 0 Å². The predicted molar refractivity (Wildman–Crippen MR) is 49.9 cm³/mol. The summed E-state index contributed by atoms with van der Waals surface area (Å²) in [6, 6.07) is -1.61. The SMILES string of the molecule is O=C1NC(=O)C(N2CCNCC2)C(=O)N1. The normalized spacial score (nSPS) is 24.9. The van der Waals surface area contributed by atoms with Gasteiger partial charge >= 0.3 is 6.03 Å². The minimum absolute atomic E-state index is 0.536. The number of nitrogens with zero attached hydrogens (tertiary/aromatic N) is 1. The van der Waals surface area contributed by atoms with Crippen LogP contribution < -0.4 is 16.0 Å². The van der Waals surface area contributed by atoms with E-state index in [0.29, 0.717) is 13.1 Å². The molecule has 2 fully saturated rings. The second-order valence-electron chi connectivity index (χ2n) is 3.50. The number of imide groups is 2. The van der Waals surface area contributed by atoms with Crippen molar-refractivity contribution in [1.29, 1.82) is 0 Å². The quantitative estimate of drug-likeness (QED) is 0.422. The molecule has 0 saturated carbocycles. The zero-order valence-electron chi connectivity index (χ0n) is 8.08. The summed E-state index contributed by atoms with van der Waals surface area (Å²) in [7, 11) is 0. The zero-order chi connectivity index (χ0) is 10.8. The highest BCUT2D eigenvalue weighted by Crippen LogP contribution is 2.05. The first-order chi connectivity index (χ1) is 7.18. The molecule has 0 atom stereocenters. The highest BCUT2D eigenvalue weighted by atomic mass is 16.2. The molecule has 2 aliphatic rings. The minimum atomic E-state index is -0.871. The highest BCUT2D eigenvalue weighted by Gasteiger charge is 2.38. The molecular formula is C8H12N4O3. The summed E-state index contributed by atoms with van der Waals surface area (Å²) in [5.74, 6) is -1.07. The molecule has 2 heterocycles. The van der Waals surface area contributed by atoms with E-state index >= 15 is 0 Å². The zero-order valence-corrected chi connectivity index (χ0v) is 8.08. The maximum atomic E-state index is 11.5. The van der Waals surface area contributed by atoms with Crippen molar-refractivity contribution in [3.8, 4) is 0 Å². The fraction of sp³-hybridized carbons (Fsp3) is 0.625. The lowest BCUT2D eigenvalue weighted by atomic mass is 10.1. The Morgan fingerprint density at radius 2 is 1.53 bits per heavy atom. The Hall–Kier alpha value is -1.47. The summed E-state index contributed by atoms with van der Waals surface area (Å²) in [5, 5.41) is 7.29. The Morgan fingerprint density at radius 3 is 2.07 bits per heavy atom. The summed E-state index contributed by atoms with van der Waals surface area (Å²) >= 11 is 0. The number of urea groups is 1. The largest absolute Gasteiger partial charge is 0.328 e. The molecule has 2 saturated heterocycles. The van der Waals surface area contributed by atoms with Gasteiger partial charge in [0.05, 0.1) is 0 Å². The van der Waals surface area contributed by atoms with Crippen molar-refractivity contribution in [1.82, 2.24) is 20.9 Å². The maximum absolute atomic E-state index is 11.5. The van der Waals surface area contributed by atoms with Gasteiger partial charge in [0.25, 0.3) is 11.8 Å². The van der Waals surface area contributed by atoms with E-state index in [-0.39, 0.29) is 0 Å². The van der Waals surface area contributed by atoms with Gasteiger partial charge in [0.15, 0.2) is 6.04 Å². The summed E-state index contributed by atoms with van der Waals surface area (Å²) in [6.07, 6.45) is 0. The first kappa shape index (κ1) is 10.1. The molecule has 0 radical (unpaired) electrons. The molecule has 0 aromatic heterocycles. The molecule has 82 valence electrons. The molecule has 7 nitrogen and oxygen atoms in total. The van der Waals surface area contributed by atoms with Crippen LogP contribution in [-0.2, 0) is 9.59 Å². The van der Waals surface area contributed by atoms with Gasteiger partial charge in [-0.15, -0.1) is 0 Å². The van der Waals surface area contributed by atoms with Crippen LogP contribution in [0.1, 0.15) is 0 Å². The molecule has 0 spiro atoms. The second-order valence-corrected chi connectivity index (χ2v) is 3.50. The number of hydrogen-bond acceptors (Lipinski definition) is 5. The second kappa shape index (κ2) is 3.95. The van der Waals surface area contributed by atoms with E-state index in [2.05, 4.69) is 16.0 Å². The van der Waals surface area contributed by atoms with Crippen molar-refractivity contribution < 1.29 is 14.4 Å². The van der Waals surface area contributed by atoms with E-state index in [1.54, 1.807) is 4.90 Å². The lowest BCUT2D eigenvalue weighted by Gasteiger charge is -2.34. The Labute approximate surface area is 86.2 Å². The number of hydrogen-bond donors (Lipinski definition) is 3. The van der Waals surface area contributed by atoms with Crippen LogP contribution in [0.25, 0.3) is 0 Å². The van der Waals surface area contributed by atoms with Gasteiger partial charge in [-0.3, -0.25) is 25.1 Å². The van der Waals surface area contributed by atoms with Gasteiger partial charge < -0.3 is 5.32 Å². The number of carbonyl (C=O) groups excluding carboxylic acids is 3. The topological polar surface area (TPSA) is 90.5 Å². The van der Waals surface area contributed by atoms with Crippen LogP contribution >= 0.6 is 0 Å². The van der Waals surface area contributed by atoms with Crippen LogP contribution in [0.15, 0.2) is 0 Å². The first-order valence-corrected chi connectivity index (χ1v) is 4.79. The van der Waals surface area contributed by atoms with E-state index in [1.165, 1.54) is 0 Å². The average Bonchev–Trinajstić information content (AvgIpc) is 2.17. The van der Waals surface area contributed by atoms with Crippen molar-refractivity contribution in [2.24, 2.45) is 0 Å². The fourth-order valence-electron chi connectivity index (χ4n) is 1.78. The average molecular weight is 212 g/mol. The molecule has 0 aromatic carbocycles. The summed E-state index contributed by atoms with van der Waals surface area (Å²) in [4.78, 5) is 35.5. The summed E-state index contributed by atoms with van der Waals surface area (Å²) in [5.41, 5.74) is 0. The molecule has 2 rings (SSSR count). The van der Waals surface area contributed by atoms with Gasteiger partial charge in [0, 0.05) is 26.2 Å². The first-order valence-electron chi connectivity index (χ1n) is 4.79. The smallest absolute Gasteiger partial charge is 0.314 e. The molecule has 4 amide bonds. The number of carbonyl (C=O) groups is 3. The van der Waals surface area contributed by atoms with Crippen LogP contribution in [0.4, 0.5) is 4.79 Å². The Balaban J connectivity index is 2.09. The monoisotopic (exact) mass is 212 g/mol. The van der Waals surface area contributed by atoms with E-state index in [9.17, 15) is 14.4 Å². The van der Waals surface area contributed by atoms with Gasteiger partial charge in [-0.05, 0) is 0 Å². The lowest BCUT2D eigenvalue weighted by molar-refractivity contribution is -0.138.